The van der Waals surface area contributed by atoms with Crippen molar-refractivity contribution in [2.75, 3.05) is 7.11 Å². The van der Waals surface area contributed by atoms with Gasteiger partial charge in [-0.2, -0.15) is 5.26 Å². The van der Waals surface area contributed by atoms with Crippen molar-refractivity contribution in [3.63, 3.8) is 0 Å². The van der Waals surface area contributed by atoms with Crippen molar-refractivity contribution in [1.82, 2.24) is 5.32 Å². The molecular formula is C16H13BrN2O4. The zero-order valence-electron chi connectivity index (χ0n) is 12.2. The molecule has 0 aliphatic rings. The highest BCUT2D eigenvalue weighted by Gasteiger charge is 2.12. The van der Waals surface area contributed by atoms with Crippen LogP contribution in [0.3, 0.4) is 0 Å². The molecule has 0 saturated heterocycles. The van der Waals surface area contributed by atoms with E-state index in [4.69, 9.17) is 9.15 Å². The van der Waals surface area contributed by atoms with Crippen LogP contribution in [0.25, 0.3) is 6.08 Å². The predicted octanol–water partition coefficient (Wildman–Crippen LogP) is 2.98. The topological polar surface area (TPSA) is 95.5 Å². The summed E-state index contributed by atoms with van der Waals surface area (Å²) < 4.78 is 10.5. The normalized spacial score (nSPS) is 10.9. The van der Waals surface area contributed by atoms with Gasteiger partial charge in [0.1, 0.15) is 17.4 Å². The number of benzene rings is 1. The molecule has 0 aliphatic heterocycles. The number of methoxy groups -OCH3 is 1. The number of nitrogens with zero attached hydrogens (tertiary/aromatic N) is 1. The number of nitrogens with one attached hydrogen (secondary N) is 1. The van der Waals surface area contributed by atoms with Crippen molar-refractivity contribution >= 4 is 27.9 Å². The number of phenolic OH excluding ortho intramolecular Hbond substituents is 1. The molecule has 1 aromatic heterocycles. The van der Waals surface area contributed by atoms with Crippen molar-refractivity contribution < 1.29 is 19.1 Å². The second-order valence-corrected chi connectivity index (χ2v) is 5.34. The smallest absolute Gasteiger partial charge is 0.262 e. The summed E-state index contributed by atoms with van der Waals surface area (Å²) in [6.07, 6.45) is 2.91. The molecule has 1 amide bonds. The molecule has 1 aromatic carbocycles. The predicted molar refractivity (Wildman–Crippen MR) is 86.5 cm³/mol. The van der Waals surface area contributed by atoms with Gasteiger partial charge < -0.3 is 19.6 Å². The van der Waals surface area contributed by atoms with Crippen molar-refractivity contribution in [3.8, 4) is 17.6 Å². The maximum absolute atomic E-state index is 12.0. The summed E-state index contributed by atoms with van der Waals surface area (Å²) in [6, 6.07) is 8.39. The summed E-state index contributed by atoms with van der Waals surface area (Å²) >= 11 is 3.19. The Balaban J connectivity index is 2.19. The van der Waals surface area contributed by atoms with Crippen LogP contribution in [0, 0.1) is 11.3 Å². The van der Waals surface area contributed by atoms with Crippen molar-refractivity contribution in [3.05, 3.63) is 51.9 Å². The lowest BCUT2D eigenvalue weighted by atomic mass is 10.1. The Hall–Kier alpha value is -2.72. The summed E-state index contributed by atoms with van der Waals surface area (Å²) in [4.78, 5) is 12.0. The third kappa shape index (κ3) is 4.14. The Morgan fingerprint density at radius 3 is 2.96 bits per heavy atom. The van der Waals surface area contributed by atoms with Gasteiger partial charge in [0.05, 0.1) is 24.4 Å². The van der Waals surface area contributed by atoms with E-state index in [0.717, 1.165) is 0 Å². The zero-order chi connectivity index (χ0) is 16.8. The van der Waals surface area contributed by atoms with E-state index in [1.54, 1.807) is 18.2 Å². The van der Waals surface area contributed by atoms with Crippen molar-refractivity contribution in [2.24, 2.45) is 0 Å². The average Bonchev–Trinajstić information content (AvgIpc) is 3.06. The van der Waals surface area contributed by atoms with Gasteiger partial charge in [0.25, 0.3) is 5.91 Å². The van der Waals surface area contributed by atoms with Gasteiger partial charge in [0.2, 0.25) is 0 Å². The molecular weight excluding hydrogens is 364 g/mol. The second-order valence-electron chi connectivity index (χ2n) is 4.49. The lowest BCUT2D eigenvalue weighted by Crippen LogP contribution is -2.23. The molecule has 0 atom stereocenters. The van der Waals surface area contributed by atoms with E-state index in [9.17, 15) is 15.2 Å². The van der Waals surface area contributed by atoms with Gasteiger partial charge in [0, 0.05) is 0 Å². The average molecular weight is 377 g/mol. The molecule has 23 heavy (non-hydrogen) atoms. The largest absolute Gasteiger partial charge is 0.503 e. The number of rotatable bonds is 5. The van der Waals surface area contributed by atoms with Crippen LogP contribution < -0.4 is 10.1 Å². The van der Waals surface area contributed by atoms with Gasteiger partial charge in [-0.1, -0.05) is 0 Å². The summed E-state index contributed by atoms with van der Waals surface area (Å²) in [5.41, 5.74) is 0.465. The Morgan fingerprint density at radius 2 is 2.35 bits per heavy atom. The van der Waals surface area contributed by atoms with Crippen molar-refractivity contribution in [1.29, 1.82) is 5.26 Å². The third-order valence-corrected chi connectivity index (χ3v) is 3.55. The number of amides is 1. The van der Waals surface area contributed by atoms with Gasteiger partial charge in [-0.3, -0.25) is 4.79 Å². The van der Waals surface area contributed by atoms with Gasteiger partial charge in [-0.05, 0) is 51.8 Å². The minimum absolute atomic E-state index is 0.0505. The Bertz CT molecular complexity index is 776. The standard InChI is InChI=1S/C16H13BrN2O4/c1-22-14-7-10(6-13(17)15(14)20)5-11(8-18)16(21)19-9-12-3-2-4-23-12/h2-7,20H,9H2,1H3,(H,19,21)/b11-5-. The Kier molecular flexibility index (Phi) is 5.44. The zero-order valence-corrected chi connectivity index (χ0v) is 13.8. The van der Waals surface area contributed by atoms with Crippen LogP contribution in [0.5, 0.6) is 11.5 Å². The van der Waals surface area contributed by atoms with Crippen molar-refractivity contribution in [2.45, 2.75) is 6.54 Å². The molecule has 0 unspecified atom stereocenters. The first kappa shape index (κ1) is 16.6. The molecule has 0 aliphatic carbocycles. The van der Waals surface area contributed by atoms with Gasteiger partial charge in [-0.15, -0.1) is 0 Å². The number of carbonyl (C=O) groups is 1. The lowest BCUT2D eigenvalue weighted by molar-refractivity contribution is -0.117. The summed E-state index contributed by atoms with van der Waals surface area (Å²) in [6.45, 7) is 0.188. The highest BCUT2D eigenvalue weighted by atomic mass is 79.9. The maximum Gasteiger partial charge on any atom is 0.262 e. The van der Waals surface area contributed by atoms with Crippen LogP contribution >= 0.6 is 15.9 Å². The molecule has 0 bridgehead atoms. The first-order chi connectivity index (χ1) is 11.0. The number of phenols is 1. The SMILES string of the molecule is COc1cc(/C=C(/C#N)C(=O)NCc2ccco2)cc(Br)c1O. The molecule has 2 rings (SSSR count). The number of aromatic hydroxyl groups is 1. The van der Waals surface area contributed by atoms with E-state index in [1.165, 1.54) is 25.5 Å². The molecule has 1 heterocycles. The first-order valence-corrected chi connectivity index (χ1v) is 7.33. The summed E-state index contributed by atoms with van der Waals surface area (Å²) in [5, 5.41) is 21.5. The molecule has 118 valence electrons. The molecule has 2 N–H and O–H groups in total. The van der Waals surface area contributed by atoms with Gasteiger partial charge in [-0.25, -0.2) is 0 Å². The Morgan fingerprint density at radius 1 is 1.57 bits per heavy atom. The minimum atomic E-state index is -0.521. The van der Waals surface area contributed by atoms with E-state index in [2.05, 4.69) is 21.2 Å². The molecule has 0 fully saturated rings. The quantitative estimate of drug-likeness (QED) is 0.617. The van der Waals surface area contributed by atoms with E-state index >= 15 is 0 Å². The van der Waals surface area contributed by atoms with E-state index < -0.39 is 5.91 Å². The lowest BCUT2D eigenvalue weighted by Gasteiger charge is -2.07. The monoisotopic (exact) mass is 376 g/mol. The van der Waals surface area contributed by atoms with Gasteiger partial charge >= 0.3 is 0 Å². The fourth-order valence-corrected chi connectivity index (χ4v) is 2.28. The third-order valence-electron chi connectivity index (χ3n) is 2.95. The highest BCUT2D eigenvalue weighted by molar-refractivity contribution is 9.10. The minimum Gasteiger partial charge on any atom is -0.503 e. The molecule has 0 spiro atoms. The number of furan rings is 1. The molecule has 6 nitrogen and oxygen atoms in total. The van der Waals surface area contributed by atoms with Crippen LogP contribution in [0.1, 0.15) is 11.3 Å². The highest BCUT2D eigenvalue weighted by Crippen LogP contribution is 2.35. The number of hydrogen-bond acceptors (Lipinski definition) is 5. The van der Waals surface area contributed by atoms with Crippen LogP contribution in [0.4, 0.5) is 0 Å². The second kappa shape index (κ2) is 7.51. The van der Waals surface area contributed by atoms with E-state index in [1.807, 2.05) is 6.07 Å². The van der Waals surface area contributed by atoms with Crippen LogP contribution in [-0.4, -0.2) is 18.1 Å². The Labute approximate surface area is 141 Å². The molecule has 0 radical (unpaired) electrons. The number of hydrogen-bond donors (Lipinski definition) is 2. The fourth-order valence-electron chi connectivity index (χ4n) is 1.82. The first-order valence-electron chi connectivity index (χ1n) is 6.54. The summed E-state index contributed by atoms with van der Waals surface area (Å²) in [7, 11) is 1.41. The van der Waals surface area contributed by atoms with Gasteiger partial charge in [0.15, 0.2) is 11.5 Å². The van der Waals surface area contributed by atoms with Crippen LogP contribution in [-0.2, 0) is 11.3 Å². The molecule has 7 heteroatoms. The number of carbonyl (C=O) groups excluding carboxylic acids is 1. The summed E-state index contributed by atoms with van der Waals surface area (Å²) in [5.74, 6) is 0.251. The number of ether oxygens (including phenoxy) is 1. The fraction of sp³-hybridized carbons (Fsp3) is 0.125. The number of halogens is 1. The van der Waals surface area contributed by atoms with E-state index in [-0.39, 0.29) is 23.6 Å². The molecule has 2 aromatic rings. The van der Waals surface area contributed by atoms with Crippen LogP contribution in [0.2, 0.25) is 0 Å². The number of nitriles is 1. The maximum atomic E-state index is 12.0. The van der Waals surface area contributed by atoms with Crippen LogP contribution in [0.15, 0.2) is 45.0 Å². The molecule has 0 saturated carbocycles. The van der Waals surface area contributed by atoms with E-state index in [0.29, 0.717) is 15.8 Å².